The maximum atomic E-state index is 11.8. The zero-order valence-corrected chi connectivity index (χ0v) is 17.3. The minimum Gasteiger partial charge on any atom is -0.460 e. The molecule has 5 heteroatoms. The topological polar surface area (TPSA) is 52.3 Å². The smallest absolute Gasteiger partial charge is 0.306 e. The Hall–Kier alpha value is -0.840. The summed E-state index contributed by atoms with van der Waals surface area (Å²) < 4.78 is 11.8. The van der Waals surface area contributed by atoms with Crippen molar-refractivity contribution in [2.24, 2.45) is 11.3 Å². The molecule has 0 spiro atoms. The highest BCUT2D eigenvalue weighted by molar-refractivity contribution is 9.10. The van der Waals surface area contributed by atoms with E-state index in [0.29, 0.717) is 24.2 Å². The molecule has 1 aliphatic carbocycles. The molecule has 4 nitrogen and oxygen atoms in total. The molecule has 0 radical (unpaired) electrons. The molecule has 1 fully saturated rings. The van der Waals surface area contributed by atoms with Gasteiger partial charge >= 0.3 is 5.97 Å². The van der Waals surface area contributed by atoms with E-state index in [-0.39, 0.29) is 5.97 Å². The number of hydrogen-bond donors (Lipinski definition) is 0. The second-order valence-corrected chi connectivity index (χ2v) is 9.99. The first-order valence-electron chi connectivity index (χ1n) is 8.80. The van der Waals surface area contributed by atoms with Gasteiger partial charge in [0.25, 0.3) is 0 Å². The highest BCUT2D eigenvalue weighted by atomic mass is 79.9. The number of halogens is 1. The molecule has 0 N–H and O–H groups in total. The van der Waals surface area contributed by atoms with E-state index in [9.17, 15) is 4.79 Å². The summed E-state index contributed by atoms with van der Waals surface area (Å²) in [5.74, 6) is 1.97. The van der Waals surface area contributed by atoms with Crippen molar-refractivity contribution in [3.05, 3.63) is 15.9 Å². The predicted molar refractivity (Wildman–Crippen MR) is 97.9 cm³/mol. The van der Waals surface area contributed by atoms with Crippen LogP contribution in [0.1, 0.15) is 84.6 Å². The maximum absolute atomic E-state index is 11.8. The molecule has 0 aromatic carbocycles. The Labute approximate surface area is 153 Å². The second-order valence-electron chi connectivity index (χ2n) is 9.19. The first kappa shape index (κ1) is 19.5. The fourth-order valence-electron chi connectivity index (χ4n) is 3.33. The summed E-state index contributed by atoms with van der Waals surface area (Å²) in [6, 6.07) is 0. The maximum Gasteiger partial charge on any atom is 0.306 e. The van der Waals surface area contributed by atoms with Crippen molar-refractivity contribution >= 4 is 21.9 Å². The number of hydrogen-bond acceptors (Lipinski definition) is 4. The molecule has 0 bridgehead atoms. The Bertz CT molecular complexity index is 574. The minimum absolute atomic E-state index is 0.201. The van der Waals surface area contributed by atoms with Gasteiger partial charge in [0.15, 0.2) is 5.76 Å². The fourth-order valence-corrected chi connectivity index (χ4v) is 4.00. The van der Waals surface area contributed by atoms with Gasteiger partial charge in [0.2, 0.25) is 0 Å². The van der Waals surface area contributed by atoms with E-state index in [0.717, 1.165) is 34.7 Å². The Morgan fingerprint density at radius 1 is 1.25 bits per heavy atom. The molecule has 1 saturated carbocycles. The highest BCUT2D eigenvalue weighted by Gasteiger charge is 2.37. The van der Waals surface area contributed by atoms with Crippen LogP contribution in [0.5, 0.6) is 0 Å². The third-order valence-corrected chi connectivity index (χ3v) is 5.07. The van der Waals surface area contributed by atoms with Gasteiger partial charge in [0.1, 0.15) is 5.60 Å². The lowest BCUT2D eigenvalue weighted by Gasteiger charge is -2.37. The predicted octanol–water partition coefficient (Wildman–Crippen LogP) is 5.64. The van der Waals surface area contributed by atoms with Crippen LogP contribution in [-0.4, -0.2) is 16.7 Å². The van der Waals surface area contributed by atoms with E-state index < -0.39 is 5.60 Å². The molecule has 1 aromatic heterocycles. The largest absolute Gasteiger partial charge is 0.460 e. The lowest BCUT2D eigenvalue weighted by atomic mass is 9.67. The lowest BCUT2D eigenvalue weighted by molar-refractivity contribution is -0.154. The number of aromatic nitrogens is 1. The average Bonchev–Trinajstić information content (AvgIpc) is 2.69. The molecule has 24 heavy (non-hydrogen) atoms. The van der Waals surface area contributed by atoms with E-state index in [4.69, 9.17) is 9.26 Å². The molecule has 1 aliphatic rings. The van der Waals surface area contributed by atoms with Crippen molar-refractivity contribution in [2.75, 3.05) is 0 Å². The molecular weight excluding hydrogens is 370 g/mol. The third kappa shape index (κ3) is 5.61. The van der Waals surface area contributed by atoms with Gasteiger partial charge < -0.3 is 9.26 Å². The van der Waals surface area contributed by atoms with Gasteiger partial charge in [-0.25, -0.2) is 0 Å². The van der Waals surface area contributed by atoms with Crippen molar-refractivity contribution < 1.29 is 14.1 Å². The van der Waals surface area contributed by atoms with Crippen molar-refractivity contribution in [3.63, 3.8) is 0 Å². The lowest BCUT2D eigenvalue weighted by Crippen LogP contribution is -2.26. The van der Waals surface area contributed by atoms with Gasteiger partial charge in [-0.15, -0.1) is 0 Å². The number of nitrogens with zero attached hydrogens (tertiary/aromatic N) is 1. The summed E-state index contributed by atoms with van der Waals surface area (Å²) in [5, 5.41) is 4.16. The summed E-state index contributed by atoms with van der Waals surface area (Å²) in [5.41, 5.74) is 0.750. The summed E-state index contributed by atoms with van der Waals surface area (Å²) in [6.45, 7) is 12.5. The molecule has 136 valence electrons. The second kappa shape index (κ2) is 7.19. The molecule has 1 aromatic rings. The average molecular weight is 400 g/mol. The van der Waals surface area contributed by atoms with Gasteiger partial charge in [-0.3, -0.25) is 4.79 Å². The van der Waals surface area contributed by atoms with Crippen LogP contribution < -0.4 is 0 Å². The Kier molecular flexibility index (Phi) is 5.83. The summed E-state index contributed by atoms with van der Waals surface area (Å²) in [4.78, 5) is 11.8. The normalized spacial score (nSPS) is 21.5. The highest BCUT2D eigenvalue weighted by Crippen LogP contribution is 2.48. The Morgan fingerprint density at radius 2 is 1.88 bits per heavy atom. The van der Waals surface area contributed by atoms with E-state index in [1.807, 2.05) is 20.8 Å². The van der Waals surface area contributed by atoms with Crippen LogP contribution in [0.3, 0.4) is 0 Å². The van der Waals surface area contributed by atoms with Crippen molar-refractivity contribution in [1.29, 1.82) is 0 Å². The number of esters is 1. The molecule has 0 saturated heterocycles. The zero-order valence-electron chi connectivity index (χ0n) is 15.7. The van der Waals surface area contributed by atoms with Crippen molar-refractivity contribution in [2.45, 2.75) is 85.2 Å². The Balaban J connectivity index is 1.85. The van der Waals surface area contributed by atoms with Gasteiger partial charge in [-0.1, -0.05) is 25.9 Å². The first-order chi connectivity index (χ1) is 10.9. The number of ether oxygens (including phenoxy) is 1. The van der Waals surface area contributed by atoms with Crippen LogP contribution in [0.15, 0.2) is 9.00 Å². The molecule has 2 rings (SSSR count). The van der Waals surface area contributed by atoms with E-state index in [2.05, 4.69) is 41.9 Å². The molecular formula is C19H30BrNO3. The van der Waals surface area contributed by atoms with Crippen LogP contribution in [-0.2, 0) is 16.0 Å². The van der Waals surface area contributed by atoms with Gasteiger partial charge in [0, 0.05) is 12.3 Å². The van der Waals surface area contributed by atoms with Gasteiger partial charge in [0.05, 0.1) is 16.6 Å². The Morgan fingerprint density at radius 3 is 2.42 bits per heavy atom. The molecule has 0 aliphatic heterocycles. The SMILES string of the molecule is CC(C)(C)C[C@H]1C[C@@H](c2onc(CCC(=O)OC(C)(C)C)c2Br)C1. The quantitative estimate of drug-likeness (QED) is 0.600. The number of rotatable bonds is 5. The van der Waals surface area contributed by atoms with Crippen molar-refractivity contribution in [3.8, 4) is 0 Å². The van der Waals surface area contributed by atoms with Crippen LogP contribution in [0.25, 0.3) is 0 Å². The molecule has 1 heterocycles. The van der Waals surface area contributed by atoms with E-state index >= 15 is 0 Å². The number of carbonyl (C=O) groups excluding carboxylic acids is 1. The summed E-state index contributed by atoms with van der Waals surface area (Å²) in [7, 11) is 0. The standard InChI is InChI=1S/C19H30BrNO3/c1-18(2,3)11-12-9-13(10-12)17-16(20)14(21-24-17)7-8-15(22)23-19(4,5)6/h12-13H,7-11H2,1-6H3/t12-,13+. The number of aryl methyl sites for hydroxylation is 1. The number of carbonyl (C=O) groups is 1. The van der Waals surface area contributed by atoms with Crippen molar-refractivity contribution in [1.82, 2.24) is 5.16 Å². The van der Waals surface area contributed by atoms with Gasteiger partial charge in [-0.05, 0) is 67.3 Å². The van der Waals surface area contributed by atoms with Crippen LogP contribution in [0.4, 0.5) is 0 Å². The monoisotopic (exact) mass is 399 g/mol. The van der Waals surface area contributed by atoms with E-state index in [1.165, 1.54) is 6.42 Å². The van der Waals surface area contributed by atoms with Crippen LogP contribution in [0, 0.1) is 11.3 Å². The van der Waals surface area contributed by atoms with E-state index in [1.54, 1.807) is 0 Å². The zero-order chi connectivity index (χ0) is 18.1. The molecule has 0 amide bonds. The third-order valence-electron chi connectivity index (χ3n) is 4.22. The molecule has 0 atom stereocenters. The van der Waals surface area contributed by atoms with Gasteiger partial charge in [-0.2, -0.15) is 0 Å². The van der Waals surface area contributed by atoms with Crippen LogP contribution in [0.2, 0.25) is 0 Å². The summed E-state index contributed by atoms with van der Waals surface area (Å²) in [6.07, 6.45) is 4.43. The molecule has 0 unspecified atom stereocenters. The minimum atomic E-state index is -0.447. The summed E-state index contributed by atoms with van der Waals surface area (Å²) >= 11 is 3.61. The first-order valence-corrected chi connectivity index (χ1v) is 9.60. The fraction of sp³-hybridized carbons (Fsp3) is 0.789. The van der Waals surface area contributed by atoms with Crippen LogP contribution >= 0.6 is 15.9 Å².